The van der Waals surface area contributed by atoms with E-state index in [0.717, 1.165) is 22.0 Å². The normalized spacial score (nSPS) is 10.6. The molecule has 1 heterocycles. The molecule has 1 aromatic heterocycles. The minimum atomic E-state index is -0.218. The maximum atomic E-state index is 13.1. The zero-order valence-electron chi connectivity index (χ0n) is 10.2. The van der Waals surface area contributed by atoms with E-state index >= 15 is 0 Å². The number of aromatic nitrogens is 1. The average Bonchev–Trinajstić information content (AvgIpc) is 2.60. The minimum absolute atomic E-state index is 0.218. The van der Waals surface area contributed by atoms with Crippen LogP contribution in [-0.4, -0.2) is 4.98 Å². The van der Waals surface area contributed by atoms with Crippen LogP contribution in [0.3, 0.4) is 0 Å². The Kier molecular flexibility index (Phi) is 3.43. The topological polar surface area (TPSA) is 24.9 Å². The Balaban J connectivity index is 2.09. The van der Waals surface area contributed by atoms with E-state index in [4.69, 9.17) is 0 Å². The molecule has 0 saturated heterocycles. The van der Waals surface area contributed by atoms with Gasteiger partial charge in [-0.1, -0.05) is 6.07 Å². The summed E-state index contributed by atoms with van der Waals surface area (Å²) in [5.41, 5.74) is 2.94. The summed E-state index contributed by atoms with van der Waals surface area (Å²) in [5, 5.41) is 4.25. The number of hydrogen-bond donors (Lipinski definition) is 1. The van der Waals surface area contributed by atoms with Gasteiger partial charge < -0.3 is 5.32 Å². The predicted octanol–water partition coefficient (Wildman–Crippen LogP) is 3.82. The second-order valence-electron chi connectivity index (χ2n) is 4.06. The summed E-state index contributed by atoms with van der Waals surface area (Å²) in [5.74, 6) is -0.218. The molecule has 0 fully saturated rings. The van der Waals surface area contributed by atoms with Crippen molar-refractivity contribution in [3.05, 3.63) is 45.2 Å². The Labute approximate surface area is 105 Å². The molecular formula is C13H15FN2S. The van der Waals surface area contributed by atoms with Gasteiger partial charge in [0.05, 0.1) is 12.2 Å². The fraction of sp³-hybridized carbons (Fsp3) is 0.308. The van der Waals surface area contributed by atoms with Crippen LogP contribution >= 0.6 is 11.3 Å². The van der Waals surface area contributed by atoms with E-state index < -0.39 is 0 Å². The lowest BCUT2D eigenvalue weighted by atomic mass is 10.2. The van der Waals surface area contributed by atoms with Gasteiger partial charge in [-0.25, -0.2) is 9.37 Å². The first-order valence-corrected chi connectivity index (χ1v) is 6.31. The molecule has 2 rings (SSSR count). The molecule has 0 aliphatic carbocycles. The fourth-order valence-electron chi connectivity index (χ4n) is 1.57. The molecule has 4 heteroatoms. The van der Waals surface area contributed by atoms with Gasteiger partial charge in [0.2, 0.25) is 0 Å². The third kappa shape index (κ3) is 2.82. The molecule has 0 unspecified atom stereocenters. The number of nitrogens with zero attached hydrogens (tertiary/aromatic N) is 1. The van der Waals surface area contributed by atoms with Gasteiger partial charge >= 0.3 is 0 Å². The summed E-state index contributed by atoms with van der Waals surface area (Å²) in [6, 6.07) is 4.76. The number of thiazole rings is 1. The van der Waals surface area contributed by atoms with Crippen molar-refractivity contribution in [2.75, 3.05) is 5.32 Å². The van der Waals surface area contributed by atoms with Crippen LogP contribution in [0.15, 0.2) is 18.2 Å². The molecule has 0 radical (unpaired) electrons. The quantitative estimate of drug-likeness (QED) is 0.895. The van der Waals surface area contributed by atoms with Crippen LogP contribution in [0, 0.1) is 26.6 Å². The van der Waals surface area contributed by atoms with Crippen molar-refractivity contribution in [3.8, 4) is 0 Å². The first kappa shape index (κ1) is 12.0. The standard InChI is InChI=1S/C13H15FN2S/c1-8-4-5-11(14)6-12(8)15-7-13-16-9(2)10(3)17-13/h4-6,15H,7H2,1-3H3. The molecule has 0 bridgehead atoms. The summed E-state index contributed by atoms with van der Waals surface area (Å²) in [6.07, 6.45) is 0. The van der Waals surface area contributed by atoms with Crippen molar-refractivity contribution in [2.45, 2.75) is 27.3 Å². The first-order valence-electron chi connectivity index (χ1n) is 5.49. The van der Waals surface area contributed by atoms with E-state index in [-0.39, 0.29) is 5.82 Å². The summed E-state index contributed by atoms with van der Waals surface area (Å²) < 4.78 is 13.1. The molecule has 0 spiro atoms. The number of hydrogen-bond acceptors (Lipinski definition) is 3. The van der Waals surface area contributed by atoms with E-state index in [9.17, 15) is 4.39 Å². The zero-order valence-corrected chi connectivity index (χ0v) is 11.0. The highest BCUT2D eigenvalue weighted by Crippen LogP contribution is 2.20. The van der Waals surface area contributed by atoms with Crippen LogP contribution < -0.4 is 5.32 Å². The van der Waals surface area contributed by atoms with Crippen molar-refractivity contribution in [3.63, 3.8) is 0 Å². The molecule has 0 aliphatic rings. The van der Waals surface area contributed by atoms with Gasteiger partial charge in [0.25, 0.3) is 0 Å². The maximum Gasteiger partial charge on any atom is 0.125 e. The van der Waals surface area contributed by atoms with Gasteiger partial charge in [0.1, 0.15) is 10.8 Å². The maximum absolute atomic E-state index is 13.1. The predicted molar refractivity (Wildman–Crippen MR) is 70.1 cm³/mol. The molecule has 0 amide bonds. The highest BCUT2D eigenvalue weighted by atomic mass is 32.1. The van der Waals surface area contributed by atoms with Gasteiger partial charge in [-0.05, 0) is 38.5 Å². The van der Waals surface area contributed by atoms with Crippen molar-refractivity contribution in [1.29, 1.82) is 0 Å². The number of rotatable bonds is 3. The van der Waals surface area contributed by atoms with E-state index in [1.165, 1.54) is 17.0 Å². The summed E-state index contributed by atoms with van der Waals surface area (Å²) in [4.78, 5) is 5.67. The van der Waals surface area contributed by atoms with Gasteiger partial charge in [0, 0.05) is 10.6 Å². The molecule has 17 heavy (non-hydrogen) atoms. The van der Waals surface area contributed by atoms with E-state index in [0.29, 0.717) is 6.54 Å². The van der Waals surface area contributed by atoms with Crippen LogP contribution in [0.2, 0.25) is 0 Å². The second-order valence-corrected chi connectivity index (χ2v) is 5.35. The molecule has 1 aromatic carbocycles. The number of halogens is 1. The fourth-order valence-corrected chi connectivity index (χ4v) is 2.44. The van der Waals surface area contributed by atoms with Crippen LogP contribution in [0.1, 0.15) is 21.1 Å². The Morgan fingerprint density at radius 3 is 2.71 bits per heavy atom. The zero-order chi connectivity index (χ0) is 12.4. The van der Waals surface area contributed by atoms with Gasteiger partial charge in [-0.15, -0.1) is 11.3 Å². The summed E-state index contributed by atoms with van der Waals surface area (Å²) >= 11 is 1.68. The van der Waals surface area contributed by atoms with Crippen molar-refractivity contribution in [2.24, 2.45) is 0 Å². The minimum Gasteiger partial charge on any atom is -0.378 e. The average molecular weight is 250 g/mol. The smallest absolute Gasteiger partial charge is 0.125 e. The van der Waals surface area contributed by atoms with Crippen LogP contribution in [0.4, 0.5) is 10.1 Å². The molecule has 1 N–H and O–H groups in total. The van der Waals surface area contributed by atoms with Crippen LogP contribution in [0.25, 0.3) is 0 Å². The number of aryl methyl sites for hydroxylation is 3. The lowest BCUT2D eigenvalue weighted by Crippen LogP contribution is -2.01. The molecular weight excluding hydrogens is 235 g/mol. The van der Waals surface area contributed by atoms with Crippen LogP contribution in [-0.2, 0) is 6.54 Å². The molecule has 2 nitrogen and oxygen atoms in total. The lowest BCUT2D eigenvalue weighted by molar-refractivity contribution is 0.628. The summed E-state index contributed by atoms with van der Waals surface area (Å²) in [6.45, 7) is 6.66. The van der Waals surface area contributed by atoms with E-state index in [1.54, 1.807) is 17.4 Å². The third-order valence-corrected chi connectivity index (χ3v) is 3.78. The van der Waals surface area contributed by atoms with E-state index in [1.807, 2.05) is 13.8 Å². The lowest BCUT2D eigenvalue weighted by Gasteiger charge is -2.07. The highest BCUT2D eigenvalue weighted by Gasteiger charge is 2.05. The van der Waals surface area contributed by atoms with Crippen LogP contribution in [0.5, 0.6) is 0 Å². The van der Waals surface area contributed by atoms with Crippen molar-refractivity contribution in [1.82, 2.24) is 4.98 Å². The number of nitrogens with one attached hydrogen (secondary N) is 1. The number of benzene rings is 1. The second kappa shape index (κ2) is 4.84. The summed E-state index contributed by atoms with van der Waals surface area (Å²) in [7, 11) is 0. The third-order valence-electron chi connectivity index (χ3n) is 2.70. The SMILES string of the molecule is Cc1ccc(F)cc1NCc1nc(C)c(C)s1. The van der Waals surface area contributed by atoms with Gasteiger partial charge in [-0.3, -0.25) is 0 Å². The van der Waals surface area contributed by atoms with E-state index in [2.05, 4.69) is 17.2 Å². The largest absolute Gasteiger partial charge is 0.378 e. The van der Waals surface area contributed by atoms with Gasteiger partial charge in [0.15, 0.2) is 0 Å². The molecule has 90 valence electrons. The Morgan fingerprint density at radius 2 is 2.06 bits per heavy atom. The van der Waals surface area contributed by atoms with Crippen molar-refractivity contribution >= 4 is 17.0 Å². The Morgan fingerprint density at radius 1 is 1.29 bits per heavy atom. The Bertz CT molecular complexity index is 515. The highest BCUT2D eigenvalue weighted by molar-refractivity contribution is 7.11. The first-order chi connectivity index (χ1) is 8.06. The molecule has 0 atom stereocenters. The monoisotopic (exact) mass is 250 g/mol. The molecule has 0 aliphatic heterocycles. The molecule has 2 aromatic rings. The molecule has 0 saturated carbocycles. The Hall–Kier alpha value is -1.42. The number of anilines is 1. The van der Waals surface area contributed by atoms with Gasteiger partial charge in [-0.2, -0.15) is 0 Å². The van der Waals surface area contributed by atoms with Crippen molar-refractivity contribution < 1.29 is 4.39 Å².